The maximum absolute atomic E-state index is 13.9. The minimum atomic E-state index is -0.934. The normalized spacial score (nSPS) is 14.8. The lowest BCUT2D eigenvalue weighted by Crippen LogP contribution is -2.40. The van der Waals surface area contributed by atoms with Crippen LogP contribution in [0.4, 0.5) is 5.69 Å². The summed E-state index contributed by atoms with van der Waals surface area (Å²) >= 11 is 5.63. The molecule has 1 aliphatic rings. The molecule has 3 aromatic carbocycles. The molecule has 214 valence electrons. The zero-order valence-corrected chi connectivity index (χ0v) is 27.5. The van der Waals surface area contributed by atoms with Crippen LogP contribution in [0.3, 0.4) is 0 Å². The summed E-state index contributed by atoms with van der Waals surface area (Å²) < 4.78 is 15.0. The van der Waals surface area contributed by atoms with E-state index in [2.05, 4.69) is 50.2 Å². The Morgan fingerprint density at radius 2 is 1.83 bits per heavy atom. The van der Waals surface area contributed by atoms with Crippen LogP contribution < -0.4 is 19.6 Å². The number of carbonyl (C=O) groups excluding carboxylic acids is 1. The number of allylic oxidation sites excluding steroid dienone is 1. The van der Waals surface area contributed by atoms with Crippen LogP contribution in [0, 0.1) is 17.3 Å². The summed E-state index contributed by atoms with van der Waals surface area (Å²) in [6, 6.07) is 18.8. The monoisotopic (exact) mass is 807 g/mol. The van der Waals surface area contributed by atoms with Gasteiger partial charge in [-0.15, -0.1) is 0 Å². The predicted molar refractivity (Wildman–Crippen MR) is 176 cm³/mol. The largest absolute Gasteiger partial charge is 0.487 e. The molecule has 2 heterocycles. The van der Waals surface area contributed by atoms with E-state index in [1.807, 2.05) is 42.5 Å². The van der Waals surface area contributed by atoms with Gasteiger partial charge in [0.15, 0.2) is 4.80 Å². The number of non-ortho nitro benzene ring substituents is 1. The molecular weight excluding hydrogens is 784 g/mol. The van der Waals surface area contributed by atoms with Gasteiger partial charge in [-0.3, -0.25) is 19.5 Å². The summed E-state index contributed by atoms with van der Waals surface area (Å²) in [5.41, 5.74) is 2.32. The van der Waals surface area contributed by atoms with E-state index in [-0.39, 0.29) is 23.4 Å². The number of benzene rings is 3. The number of carbonyl (C=O) groups is 1. The fourth-order valence-electron chi connectivity index (χ4n) is 4.60. The lowest BCUT2D eigenvalue weighted by molar-refractivity contribution is -0.384. The van der Waals surface area contributed by atoms with Crippen LogP contribution in [-0.2, 0) is 16.1 Å². The van der Waals surface area contributed by atoms with Crippen molar-refractivity contribution < 1.29 is 19.2 Å². The number of hydrogen-bond acceptors (Lipinski definition) is 8. The second-order valence-corrected chi connectivity index (χ2v) is 12.6. The molecule has 1 aliphatic heterocycles. The van der Waals surface area contributed by atoms with Crippen molar-refractivity contribution in [3.8, 4) is 5.75 Å². The molecule has 0 aliphatic carbocycles. The number of esters is 1. The lowest BCUT2D eigenvalue weighted by Gasteiger charge is -2.24. The van der Waals surface area contributed by atoms with Gasteiger partial charge in [-0.05, 0) is 93.9 Å². The minimum Gasteiger partial charge on any atom is -0.487 e. The minimum absolute atomic E-state index is 0.129. The molecule has 0 radical (unpaired) electrons. The van der Waals surface area contributed by atoms with Crippen LogP contribution in [0.5, 0.6) is 5.75 Å². The Kier molecular flexibility index (Phi) is 9.22. The van der Waals surface area contributed by atoms with Crippen LogP contribution in [-0.4, -0.2) is 22.1 Å². The molecule has 12 heteroatoms. The SMILES string of the molecule is CCOC(=O)C1=C(C)N=c2s/c(=C/c3cc(I)c(OCc4ccccc4)c(I)c3)c(=O)n2[C@@H]1c1cccc([N+](=O)[O-])c1. The van der Waals surface area contributed by atoms with Crippen LogP contribution in [0.25, 0.3) is 6.08 Å². The highest BCUT2D eigenvalue weighted by molar-refractivity contribution is 14.1. The highest BCUT2D eigenvalue weighted by Crippen LogP contribution is 2.33. The molecule has 1 aromatic heterocycles. The number of ether oxygens (including phenoxy) is 2. The summed E-state index contributed by atoms with van der Waals surface area (Å²) in [6.45, 7) is 3.92. The van der Waals surface area contributed by atoms with Gasteiger partial charge in [0.2, 0.25) is 0 Å². The Morgan fingerprint density at radius 3 is 2.50 bits per heavy atom. The predicted octanol–water partition coefficient (Wildman–Crippen LogP) is 5.49. The highest BCUT2D eigenvalue weighted by atomic mass is 127. The molecule has 5 rings (SSSR count). The summed E-state index contributed by atoms with van der Waals surface area (Å²) in [6.07, 6.45) is 1.78. The number of nitrogens with zero attached hydrogens (tertiary/aromatic N) is 3. The Labute approximate surface area is 271 Å². The molecule has 9 nitrogen and oxygen atoms in total. The van der Waals surface area contributed by atoms with Gasteiger partial charge in [0.05, 0.1) is 40.5 Å². The molecule has 0 saturated carbocycles. The van der Waals surface area contributed by atoms with Gasteiger partial charge in [0.25, 0.3) is 11.2 Å². The van der Waals surface area contributed by atoms with Crippen LogP contribution in [0.1, 0.15) is 36.6 Å². The van der Waals surface area contributed by atoms with Crippen molar-refractivity contribution in [3.63, 3.8) is 0 Å². The molecule has 0 amide bonds. The van der Waals surface area contributed by atoms with Crippen molar-refractivity contribution in [2.24, 2.45) is 4.99 Å². The molecule has 0 spiro atoms. The standard InChI is InChI=1S/C30H23I2N3O6S/c1-3-40-29(37)25-17(2)33-30-34(26(25)20-10-7-11-21(15-20)35(38)39)28(36)24(42-30)14-19-12-22(31)27(23(32)13-19)41-16-18-8-5-4-6-9-18/h4-15,26H,3,16H2,1-2H3/b24-14+/t26-/m1/s1. The number of nitro groups is 1. The molecule has 42 heavy (non-hydrogen) atoms. The molecular formula is C30H23I2N3O6S. The second kappa shape index (κ2) is 12.9. The first-order valence-electron chi connectivity index (χ1n) is 12.8. The van der Waals surface area contributed by atoms with Gasteiger partial charge in [-0.1, -0.05) is 53.8 Å². The Bertz CT molecular complexity index is 1890. The summed E-state index contributed by atoms with van der Waals surface area (Å²) in [5.74, 6) is 0.138. The third-order valence-electron chi connectivity index (χ3n) is 6.46. The molecule has 0 bridgehead atoms. The average Bonchev–Trinajstić information content (AvgIpc) is 3.26. The number of thiazole rings is 1. The summed E-state index contributed by atoms with van der Waals surface area (Å²) in [5, 5.41) is 11.5. The van der Waals surface area contributed by atoms with Crippen molar-refractivity contribution in [2.45, 2.75) is 26.5 Å². The first-order chi connectivity index (χ1) is 20.2. The molecule has 4 aromatic rings. The molecule has 1 atom stereocenters. The third kappa shape index (κ3) is 6.20. The van der Waals surface area contributed by atoms with Crippen molar-refractivity contribution in [3.05, 3.63) is 132 Å². The van der Waals surface area contributed by atoms with Gasteiger partial charge >= 0.3 is 5.97 Å². The zero-order valence-electron chi connectivity index (χ0n) is 22.4. The van der Waals surface area contributed by atoms with Crippen molar-refractivity contribution >= 4 is 74.3 Å². The number of aromatic nitrogens is 1. The Morgan fingerprint density at radius 1 is 1.12 bits per heavy atom. The first kappa shape index (κ1) is 30.1. The molecule has 0 unspecified atom stereocenters. The van der Waals surface area contributed by atoms with Crippen LogP contribution >= 0.6 is 56.5 Å². The maximum atomic E-state index is 13.9. The number of rotatable bonds is 8. The first-order valence-corrected chi connectivity index (χ1v) is 15.7. The van der Waals surface area contributed by atoms with Crippen molar-refractivity contribution in [1.82, 2.24) is 4.57 Å². The van der Waals surface area contributed by atoms with Crippen molar-refractivity contribution in [2.75, 3.05) is 6.61 Å². The van der Waals surface area contributed by atoms with Gasteiger partial charge in [0.1, 0.15) is 12.4 Å². The quantitative estimate of drug-likeness (QED) is 0.101. The molecule has 0 N–H and O–H groups in total. The fourth-order valence-corrected chi connectivity index (χ4v) is 7.77. The van der Waals surface area contributed by atoms with E-state index < -0.39 is 16.9 Å². The third-order valence-corrected chi connectivity index (χ3v) is 9.04. The van der Waals surface area contributed by atoms with Crippen LogP contribution in [0.2, 0.25) is 0 Å². The Hall–Kier alpha value is -3.37. The fraction of sp³-hybridized carbons (Fsp3) is 0.167. The van der Waals surface area contributed by atoms with Gasteiger partial charge in [0, 0.05) is 12.1 Å². The van der Waals surface area contributed by atoms with E-state index in [1.165, 1.54) is 34.1 Å². The number of nitro benzene ring substituents is 1. The van der Waals surface area contributed by atoms with E-state index in [0.29, 0.717) is 27.2 Å². The zero-order chi connectivity index (χ0) is 30.0. The Balaban J connectivity index is 1.59. The second-order valence-electron chi connectivity index (χ2n) is 9.24. The van der Waals surface area contributed by atoms with E-state index in [0.717, 1.165) is 24.0 Å². The maximum Gasteiger partial charge on any atom is 0.338 e. The van der Waals surface area contributed by atoms with E-state index in [4.69, 9.17) is 9.47 Å². The van der Waals surface area contributed by atoms with Crippen LogP contribution in [0.15, 0.2) is 87.8 Å². The van der Waals surface area contributed by atoms with E-state index >= 15 is 0 Å². The van der Waals surface area contributed by atoms with E-state index in [9.17, 15) is 19.7 Å². The molecule has 0 fully saturated rings. The van der Waals surface area contributed by atoms with Crippen molar-refractivity contribution in [1.29, 1.82) is 0 Å². The number of fused-ring (bicyclic) bond motifs is 1. The number of hydrogen-bond donors (Lipinski definition) is 0. The summed E-state index contributed by atoms with van der Waals surface area (Å²) in [7, 11) is 0. The van der Waals surface area contributed by atoms with Gasteiger partial charge in [-0.25, -0.2) is 9.79 Å². The smallest absolute Gasteiger partial charge is 0.338 e. The van der Waals surface area contributed by atoms with E-state index in [1.54, 1.807) is 26.0 Å². The summed E-state index contributed by atoms with van der Waals surface area (Å²) in [4.78, 5) is 43.0. The number of halogens is 2. The lowest BCUT2D eigenvalue weighted by atomic mass is 9.95. The highest BCUT2D eigenvalue weighted by Gasteiger charge is 2.34. The van der Waals surface area contributed by atoms with Gasteiger partial charge < -0.3 is 9.47 Å². The molecule has 0 saturated heterocycles. The average molecular weight is 807 g/mol. The topological polar surface area (TPSA) is 113 Å². The van der Waals surface area contributed by atoms with Gasteiger partial charge in [-0.2, -0.15) is 0 Å².